The number of benzene rings is 2. The number of hydrogen-bond acceptors (Lipinski definition) is 5. The zero-order valence-electron chi connectivity index (χ0n) is 13.5. The first kappa shape index (κ1) is 16.9. The van der Waals surface area contributed by atoms with Crippen LogP contribution in [-0.4, -0.2) is 15.8 Å². The Morgan fingerprint density at radius 2 is 2.08 bits per heavy atom. The minimum Gasteiger partial charge on any atom is -0.384 e. The fourth-order valence-corrected chi connectivity index (χ4v) is 3.49. The van der Waals surface area contributed by atoms with Crippen molar-refractivity contribution in [3.63, 3.8) is 0 Å². The number of thiazole rings is 1. The van der Waals surface area contributed by atoms with Crippen molar-refractivity contribution in [3.05, 3.63) is 58.6 Å². The van der Waals surface area contributed by atoms with Gasteiger partial charge in [0.1, 0.15) is 6.10 Å². The summed E-state index contributed by atoms with van der Waals surface area (Å²) in [4.78, 5) is 4.59. The van der Waals surface area contributed by atoms with Crippen LogP contribution in [0.15, 0.2) is 47.6 Å². The fourth-order valence-electron chi connectivity index (χ4n) is 2.31. The normalized spacial score (nSPS) is 13.2. The average molecular weight is 360 g/mol. The van der Waals surface area contributed by atoms with Crippen LogP contribution in [0.3, 0.4) is 0 Å². The van der Waals surface area contributed by atoms with Crippen LogP contribution >= 0.6 is 22.9 Å². The second kappa shape index (κ2) is 7.30. The van der Waals surface area contributed by atoms with Crippen molar-refractivity contribution in [2.24, 2.45) is 5.10 Å². The summed E-state index contributed by atoms with van der Waals surface area (Å²) in [7, 11) is 0. The molecular weight excluding hydrogens is 342 g/mol. The summed E-state index contributed by atoms with van der Waals surface area (Å²) in [5.41, 5.74) is 6.23. The number of anilines is 1. The number of fused-ring (bicyclic) bond motifs is 1. The third-order valence-electron chi connectivity index (χ3n) is 3.75. The van der Waals surface area contributed by atoms with E-state index in [0.717, 1.165) is 27.9 Å². The molecule has 6 heteroatoms. The largest absolute Gasteiger partial charge is 0.384 e. The van der Waals surface area contributed by atoms with Gasteiger partial charge in [0, 0.05) is 16.3 Å². The van der Waals surface area contributed by atoms with E-state index in [1.807, 2.05) is 50.2 Å². The number of rotatable bonds is 5. The van der Waals surface area contributed by atoms with Crippen LogP contribution in [0, 0.1) is 0 Å². The number of nitrogens with one attached hydrogen (secondary N) is 1. The average Bonchev–Trinajstić information content (AvgIpc) is 3.01. The van der Waals surface area contributed by atoms with Crippen LogP contribution in [0.25, 0.3) is 10.2 Å². The predicted octanol–water partition coefficient (Wildman–Crippen LogP) is 5.23. The van der Waals surface area contributed by atoms with E-state index in [2.05, 4.69) is 15.5 Å². The molecule has 24 heavy (non-hydrogen) atoms. The third-order valence-corrected chi connectivity index (χ3v) is 4.88. The Kier molecular flexibility index (Phi) is 5.14. The lowest BCUT2D eigenvalue weighted by molar-refractivity contribution is 0.221. The van der Waals surface area contributed by atoms with Crippen LogP contribution in [0.4, 0.5) is 5.13 Å². The quantitative estimate of drug-likeness (QED) is 0.484. The Labute approximate surface area is 149 Å². The molecule has 0 radical (unpaired) electrons. The van der Waals surface area contributed by atoms with Crippen molar-refractivity contribution in [1.29, 1.82) is 0 Å². The van der Waals surface area contributed by atoms with Crippen LogP contribution in [0.5, 0.6) is 0 Å². The summed E-state index contributed by atoms with van der Waals surface area (Å²) in [5.74, 6) is 0. The number of halogens is 1. The van der Waals surface area contributed by atoms with Gasteiger partial charge in [0.05, 0.1) is 10.2 Å². The van der Waals surface area contributed by atoms with Crippen molar-refractivity contribution in [3.8, 4) is 0 Å². The molecule has 0 aliphatic rings. The predicted molar refractivity (Wildman–Crippen MR) is 102 cm³/mol. The molecular formula is C18H18ClN3OS. The molecule has 124 valence electrons. The second-order valence-electron chi connectivity index (χ2n) is 5.49. The molecule has 0 saturated carbocycles. The fraction of sp³-hybridized carbons (Fsp3) is 0.222. The summed E-state index contributed by atoms with van der Waals surface area (Å²) in [6.07, 6.45) is 0.102. The molecule has 0 spiro atoms. The van der Waals surface area contributed by atoms with E-state index in [1.54, 1.807) is 6.07 Å². The van der Waals surface area contributed by atoms with E-state index in [0.29, 0.717) is 15.7 Å². The van der Waals surface area contributed by atoms with E-state index in [4.69, 9.17) is 11.6 Å². The van der Waals surface area contributed by atoms with Crippen LogP contribution in [0.1, 0.15) is 37.5 Å². The summed E-state index contributed by atoms with van der Waals surface area (Å²) in [6.45, 7) is 4.01. The second-order valence-corrected chi connectivity index (χ2v) is 6.95. The smallest absolute Gasteiger partial charge is 0.204 e. The van der Waals surface area contributed by atoms with Crippen LogP contribution < -0.4 is 5.43 Å². The topological polar surface area (TPSA) is 57.5 Å². The van der Waals surface area contributed by atoms with Gasteiger partial charge in [-0.05, 0) is 31.0 Å². The summed E-state index contributed by atoms with van der Waals surface area (Å²) in [5, 5.41) is 16.3. The Bertz CT molecular complexity index is 877. The van der Waals surface area contributed by atoms with E-state index in [-0.39, 0.29) is 0 Å². The van der Waals surface area contributed by atoms with Gasteiger partial charge in [-0.15, -0.1) is 0 Å². The molecule has 0 bridgehead atoms. The summed E-state index contributed by atoms with van der Waals surface area (Å²) in [6, 6.07) is 13.1. The van der Waals surface area contributed by atoms with Crippen molar-refractivity contribution >= 4 is 44.0 Å². The third kappa shape index (κ3) is 3.59. The van der Waals surface area contributed by atoms with E-state index in [9.17, 15) is 5.11 Å². The highest BCUT2D eigenvalue weighted by Crippen LogP contribution is 2.36. The first-order valence-electron chi connectivity index (χ1n) is 7.70. The van der Waals surface area contributed by atoms with Gasteiger partial charge in [0.25, 0.3) is 0 Å². The number of aliphatic hydroxyl groups excluding tert-OH is 1. The Morgan fingerprint density at radius 1 is 1.33 bits per heavy atom. The lowest BCUT2D eigenvalue weighted by Crippen LogP contribution is -2.00. The van der Waals surface area contributed by atoms with Gasteiger partial charge in [0.15, 0.2) is 0 Å². The van der Waals surface area contributed by atoms with Crippen molar-refractivity contribution in [2.75, 3.05) is 5.43 Å². The zero-order valence-corrected chi connectivity index (χ0v) is 15.0. The number of hydrazone groups is 1. The molecule has 1 aromatic heterocycles. The standard InChI is InChI=1S/C18H18ClN3OS/c1-3-11(2)21-22-18-20-16-14(9-13(19)10-15(16)24-18)17(23)12-7-5-4-6-8-12/h4-10,17,23H,3H2,1-2H3,(H,20,22)/b21-11+/t17-/m1/s1. The van der Waals surface area contributed by atoms with E-state index in [1.165, 1.54) is 11.3 Å². The molecule has 2 aromatic carbocycles. The minimum absolute atomic E-state index is 0.580. The van der Waals surface area contributed by atoms with Crippen LogP contribution in [0.2, 0.25) is 5.02 Å². The number of hydrogen-bond donors (Lipinski definition) is 2. The van der Waals surface area contributed by atoms with Crippen LogP contribution in [-0.2, 0) is 0 Å². The molecule has 2 N–H and O–H groups in total. The first-order valence-corrected chi connectivity index (χ1v) is 8.90. The maximum Gasteiger partial charge on any atom is 0.204 e. The zero-order chi connectivity index (χ0) is 17.1. The van der Waals surface area contributed by atoms with Crippen molar-refractivity contribution in [1.82, 2.24) is 4.98 Å². The molecule has 1 atom stereocenters. The maximum absolute atomic E-state index is 10.7. The number of aromatic nitrogens is 1. The SMILES string of the molecule is CC/C(C)=N/Nc1nc2c([C@H](O)c3ccccc3)cc(Cl)cc2s1. The summed E-state index contributed by atoms with van der Waals surface area (Å²) >= 11 is 7.70. The lowest BCUT2D eigenvalue weighted by Gasteiger charge is -2.12. The maximum atomic E-state index is 10.7. The van der Waals surface area contributed by atoms with E-state index >= 15 is 0 Å². The molecule has 0 aliphatic carbocycles. The molecule has 0 aliphatic heterocycles. The molecule has 4 nitrogen and oxygen atoms in total. The highest BCUT2D eigenvalue weighted by Gasteiger charge is 2.17. The van der Waals surface area contributed by atoms with Crippen molar-refractivity contribution < 1.29 is 5.11 Å². The number of nitrogens with zero attached hydrogens (tertiary/aromatic N) is 2. The summed E-state index contributed by atoms with van der Waals surface area (Å²) < 4.78 is 0.916. The van der Waals surface area contributed by atoms with Gasteiger partial charge in [-0.3, -0.25) is 5.43 Å². The highest BCUT2D eigenvalue weighted by atomic mass is 35.5. The molecule has 1 heterocycles. The molecule has 0 amide bonds. The molecule has 3 aromatic rings. The molecule has 0 fully saturated rings. The van der Waals surface area contributed by atoms with Gasteiger partial charge < -0.3 is 5.11 Å². The van der Waals surface area contributed by atoms with E-state index < -0.39 is 6.10 Å². The van der Waals surface area contributed by atoms with Gasteiger partial charge in [-0.2, -0.15) is 5.10 Å². The van der Waals surface area contributed by atoms with Gasteiger partial charge in [-0.25, -0.2) is 4.98 Å². The Morgan fingerprint density at radius 3 is 2.79 bits per heavy atom. The van der Waals surface area contributed by atoms with Gasteiger partial charge in [-0.1, -0.05) is 60.2 Å². The van der Waals surface area contributed by atoms with Gasteiger partial charge >= 0.3 is 0 Å². The molecule has 0 saturated heterocycles. The molecule has 3 rings (SSSR count). The highest BCUT2D eigenvalue weighted by molar-refractivity contribution is 7.22. The van der Waals surface area contributed by atoms with Crippen molar-refractivity contribution in [2.45, 2.75) is 26.4 Å². The Hall–Kier alpha value is -1.95. The minimum atomic E-state index is -0.775. The number of aliphatic hydroxyl groups is 1. The van der Waals surface area contributed by atoms with Gasteiger partial charge in [0.2, 0.25) is 5.13 Å². The molecule has 0 unspecified atom stereocenters. The Balaban J connectivity index is 2.03. The first-order chi connectivity index (χ1) is 11.6. The lowest BCUT2D eigenvalue weighted by atomic mass is 10.0. The monoisotopic (exact) mass is 359 g/mol.